The Hall–Kier alpha value is -0.250. The SMILES string of the molecule is O=[N+]([O-])C1CCCS1. The van der Waals surface area contributed by atoms with Gasteiger partial charge in [0.15, 0.2) is 0 Å². The van der Waals surface area contributed by atoms with Crippen LogP contribution in [0.15, 0.2) is 0 Å². The van der Waals surface area contributed by atoms with Gasteiger partial charge in [0.05, 0.1) is 0 Å². The lowest BCUT2D eigenvalue weighted by Crippen LogP contribution is -2.09. The third-order valence-electron chi connectivity index (χ3n) is 1.14. The minimum absolute atomic E-state index is 0.197. The van der Waals surface area contributed by atoms with Crippen LogP contribution in [-0.4, -0.2) is 16.1 Å². The minimum Gasteiger partial charge on any atom is -0.263 e. The summed E-state index contributed by atoms with van der Waals surface area (Å²) in [6.07, 6.45) is 1.77. The van der Waals surface area contributed by atoms with E-state index in [0.29, 0.717) is 0 Å². The summed E-state index contributed by atoms with van der Waals surface area (Å²) in [7, 11) is 0. The van der Waals surface area contributed by atoms with Gasteiger partial charge >= 0.3 is 0 Å². The molecule has 0 aliphatic carbocycles. The molecule has 0 radical (unpaired) electrons. The topological polar surface area (TPSA) is 43.1 Å². The van der Waals surface area contributed by atoms with E-state index in [1.165, 1.54) is 11.8 Å². The van der Waals surface area contributed by atoms with Crippen LogP contribution in [-0.2, 0) is 0 Å². The van der Waals surface area contributed by atoms with E-state index >= 15 is 0 Å². The zero-order valence-corrected chi connectivity index (χ0v) is 5.19. The van der Waals surface area contributed by atoms with Crippen molar-refractivity contribution in [2.45, 2.75) is 18.2 Å². The maximum Gasteiger partial charge on any atom is 0.258 e. The van der Waals surface area contributed by atoms with E-state index in [9.17, 15) is 10.1 Å². The predicted octanol–water partition coefficient (Wildman–Crippen LogP) is 1.12. The molecule has 0 aromatic carbocycles. The molecule has 1 aliphatic rings. The van der Waals surface area contributed by atoms with E-state index < -0.39 is 0 Å². The van der Waals surface area contributed by atoms with Crippen molar-refractivity contribution in [3.8, 4) is 0 Å². The van der Waals surface area contributed by atoms with Gasteiger partial charge in [-0.3, -0.25) is 10.1 Å². The quantitative estimate of drug-likeness (QED) is 0.397. The van der Waals surface area contributed by atoms with E-state index in [-0.39, 0.29) is 10.3 Å². The molecule has 0 aromatic rings. The zero-order chi connectivity index (χ0) is 5.98. The second kappa shape index (κ2) is 2.35. The maximum absolute atomic E-state index is 9.99. The lowest BCUT2D eigenvalue weighted by Gasteiger charge is -1.94. The molecule has 0 spiro atoms. The molecular formula is C4H7NO2S. The molecule has 0 N–H and O–H groups in total. The van der Waals surface area contributed by atoms with Crippen molar-refractivity contribution in [2.75, 3.05) is 5.75 Å². The molecule has 1 heterocycles. The van der Waals surface area contributed by atoms with Crippen LogP contribution in [0.25, 0.3) is 0 Å². The molecule has 0 amide bonds. The maximum atomic E-state index is 9.99. The Morgan fingerprint density at radius 2 is 2.50 bits per heavy atom. The summed E-state index contributed by atoms with van der Waals surface area (Å²) in [4.78, 5) is 9.79. The molecular weight excluding hydrogens is 126 g/mol. The molecule has 46 valence electrons. The Kier molecular flexibility index (Phi) is 1.73. The van der Waals surface area contributed by atoms with Crippen molar-refractivity contribution in [3.05, 3.63) is 10.1 Å². The monoisotopic (exact) mass is 133 g/mol. The highest BCUT2D eigenvalue weighted by Crippen LogP contribution is 2.25. The molecule has 4 heteroatoms. The highest BCUT2D eigenvalue weighted by molar-refractivity contribution is 7.99. The summed E-state index contributed by atoms with van der Waals surface area (Å²) in [5.41, 5.74) is 0. The number of thioether (sulfide) groups is 1. The van der Waals surface area contributed by atoms with Gasteiger partial charge in [-0.15, -0.1) is 0 Å². The lowest BCUT2D eigenvalue weighted by atomic mass is 10.3. The average Bonchev–Trinajstić information content (AvgIpc) is 2.12. The summed E-state index contributed by atoms with van der Waals surface area (Å²) >= 11 is 1.45. The van der Waals surface area contributed by atoms with Gasteiger partial charge in [-0.05, 0) is 6.42 Å². The van der Waals surface area contributed by atoms with E-state index in [0.717, 1.165) is 18.6 Å². The van der Waals surface area contributed by atoms with Crippen molar-refractivity contribution in [1.29, 1.82) is 0 Å². The fourth-order valence-corrected chi connectivity index (χ4v) is 1.79. The fourth-order valence-electron chi connectivity index (χ4n) is 0.727. The molecule has 1 aliphatic heterocycles. The molecule has 1 rings (SSSR count). The molecule has 1 saturated heterocycles. The number of hydrogen-bond acceptors (Lipinski definition) is 3. The fraction of sp³-hybridized carbons (Fsp3) is 1.00. The number of nitrogens with zero attached hydrogens (tertiary/aromatic N) is 1. The van der Waals surface area contributed by atoms with Crippen LogP contribution in [0, 0.1) is 10.1 Å². The van der Waals surface area contributed by atoms with Crippen LogP contribution in [0.1, 0.15) is 12.8 Å². The number of hydrogen-bond donors (Lipinski definition) is 0. The van der Waals surface area contributed by atoms with E-state index in [1.807, 2.05) is 0 Å². The Balaban J connectivity index is 2.35. The second-order valence-corrected chi connectivity index (χ2v) is 3.04. The molecule has 0 saturated carbocycles. The first-order chi connectivity index (χ1) is 3.80. The standard InChI is InChI=1S/C4H7NO2S/c6-5(7)4-2-1-3-8-4/h4H,1-3H2. The van der Waals surface area contributed by atoms with Crippen LogP contribution in [0.4, 0.5) is 0 Å². The molecule has 1 fully saturated rings. The van der Waals surface area contributed by atoms with Crippen LogP contribution in [0.5, 0.6) is 0 Å². The van der Waals surface area contributed by atoms with Gasteiger partial charge in [0.25, 0.3) is 5.37 Å². The van der Waals surface area contributed by atoms with Gasteiger partial charge in [-0.25, -0.2) is 0 Å². The Bertz CT molecular complexity index is 100. The van der Waals surface area contributed by atoms with E-state index in [2.05, 4.69) is 0 Å². The van der Waals surface area contributed by atoms with E-state index in [4.69, 9.17) is 0 Å². The minimum atomic E-state index is -0.296. The van der Waals surface area contributed by atoms with E-state index in [1.54, 1.807) is 0 Å². The lowest BCUT2D eigenvalue weighted by molar-refractivity contribution is -0.494. The van der Waals surface area contributed by atoms with Crippen LogP contribution >= 0.6 is 11.8 Å². The Morgan fingerprint density at radius 3 is 2.75 bits per heavy atom. The molecule has 1 atom stereocenters. The third kappa shape index (κ3) is 1.12. The highest BCUT2D eigenvalue weighted by atomic mass is 32.2. The first-order valence-electron chi connectivity index (χ1n) is 2.56. The van der Waals surface area contributed by atoms with Gasteiger partial charge in [0, 0.05) is 17.1 Å². The Morgan fingerprint density at radius 1 is 1.75 bits per heavy atom. The number of nitro groups is 1. The highest BCUT2D eigenvalue weighted by Gasteiger charge is 2.24. The van der Waals surface area contributed by atoms with Crippen molar-refractivity contribution < 1.29 is 4.92 Å². The van der Waals surface area contributed by atoms with Crippen LogP contribution in [0.3, 0.4) is 0 Å². The zero-order valence-electron chi connectivity index (χ0n) is 4.37. The first kappa shape index (κ1) is 5.88. The summed E-state index contributed by atoms with van der Waals surface area (Å²) in [5.74, 6) is 0.964. The normalized spacial score (nSPS) is 28.2. The molecule has 1 unspecified atom stereocenters. The second-order valence-electron chi connectivity index (χ2n) is 1.75. The van der Waals surface area contributed by atoms with Crippen molar-refractivity contribution >= 4 is 11.8 Å². The molecule has 0 aromatic heterocycles. The van der Waals surface area contributed by atoms with Gasteiger partial charge < -0.3 is 0 Å². The molecule has 3 nitrogen and oxygen atoms in total. The van der Waals surface area contributed by atoms with Gasteiger partial charge in [0.1, 0.15) is 0 Å². The average molecular weight is 133 g/mol. The van der Waals surface area contributed by atoms with Gasteiger partial charge in [0.2, 0.25) is 0 Å². The van der Waals surface area contributed by atoms with Gasteiger partial charge in [-0.1, -0.05) is 11.8 Å². The van der Waals surface area contributed by atoms with Crippen molar-refractivity contribution in [3.63, 3.8) is 0 Å². The van der Waals surface area contributed by atoms with Crippen molar-refractivity contribution in [1.82, 2.24) is 0 Å². The smallest absolute Gasteiger partial charge is 0.258 e. The number of rotatable bonds is 1. The first-order valence-corrected chi connectivity index (χ1v) is 3.60. The third-order valence-corrected chi connectivity index (χ3v) is 2.46. The predicted molar refractivity (Wildman–Crippen MR) is 32.5 cm³/mol. The molecule has 0 bridgehead atoms. The van der Waals surface area contributed by atoms with Crippen LogP contribution in [0.2, 0.25) is 0 Å². The summed E-state index contributed by atoms with van der Waals surface area (Å²) < 4.78 is 0. The summed E-state index contributed by atoms with van der Waals surface area (Å²) in [6.45, 7) is 0. The molecule has 8 heavy (non-hydrogen) atoms. The Labute approximate surface area is 51.6 Å². The van der Waals surface area contributed by atoms with Crippen LogP contribution < -0.4 is 0 Å². The largest absolute Gasteiger partial charge is 0.263 e. The summed E-state index contributed by atoms with van der Waals surface area (Å²) in [6, 6.07) is 0. The van der Waals surface area contributed by atoms with Crippen molar-refractivity contribution in [2.24, 2.45) is 0 Å². The summed E-state index contributed by atoms with van der Waals surface area (Å²) in [5, 5.41) is 9.69. The van der Waals surface area contributed by atoms with Gasteiger partial charge in [-0.2, -0.15) is 0 Å².